The Hall–Kier alpha value is -4.51. The molecule has 4 amide bonds. The Balaban J connectivity index is 1.58. The molecule has 0 aliphatic carbocycles. The zero-order valence-electron chi connectivity index (χ0n) is 16.1. The van der Waals surface area contributed by atoms with Gasteiger partial charge in [-0.2, -0.15) is 0 Å². The van der Waals surface area contributed by atoms with Crippen LogP contribution in [0.5, 0.6) is 11.5 Å². The Kier molecular flexibility index (Phi) is 4.22. The van der Waals surface area contributed by atoms with Crippen molar-refractivity contribution in [1.29, 1.82) is 0 Å². The van der Waals surface area contributed by atoms with Crippen molar-refractivity contribution in [2.75, 3.05) is 11.7 Å². The Morgan fingerprint density at radius 3 is 2.74 bits per heavy atom. The summed E-state index contributed by atoms with van der Waals surface area (Å²) in [5.41, 5.74) is 1.62. The van der Waals surface area contributed by atoms with Crippen LogP contribution in [-0.2, 0) is 16.1 Å². The van der Waals surface area contributed by atoms with E-state index in [1.807, 2.05) is 28.8 Å². The molecule has 5 rings (SSSR count). The molecule has 1 fully saturated rings. The maximum absolute atomic E-state index is 13.2. The molecule has 0 radical (unpaired) electrons. The second kappa shape index (κ2) is 7.07. The van der Waals surface area contributed by atoms with E-state index in [0.717, 1.165) is 15.8 Å². The summed E-state index contributed by atoms with van der Waals surface area (Å²) < 4.78 is 12.4. The molecule has 2 aliphatic rings. The second-order valence-electron chi connectivity index (χ2n) is 6.93. The molecule has 8 nitrogen and oxygen atoms in total. The van der Waals surface area contributed by atoms with Gasteiger partial charge in [-0.1, -0.05) is 24.1 Å². The van der Waals surface area contributed by atoms with Gasteiger partial charge in [0, 0.05) is 28.7 Å². The number of terminal acetylenes is 1. The number of anilines is 1. The van der Waals surface area contributed by atoms with E-state index in [4.69, 9.17) is 15.9 Å². The minimum absolute atomic E-state index is 0.0598. The number of amides is 4. The molecule has 0 unspecified atom stereocenters. The number of fused-ring (bicyclic) bond motifs is 2. The van der Waals surface area contributed by atoms with Crippen molar-refractivity contribution in [3.8, 4) is 23.8 Å². The van der Waals surface area contributed by atoms with Gasteiger partial charge in [0.05, 0.1) is 12.2 Å². The van der Waals surface area contributed by atoms with Gasteiger partial charge < -0.3 is 14.0 Å². The lowest BCUT2D eigenvalue weighted by molar-refractivity contribution is -0.122. The highest BCUT2D eigenvalue weighted by Gasteiger charge is 2.37. The van der Waals surface area contributed by atoms with Crippen LogP contribution in [-0.4, -0.2) is 29.2 Å². The molecule has 0 bridgehead atoms. The molecule has 2 aromatic carbocycles. The van der Waals surface area contributed by atoms with E-state index in [1.165, 1.54) is 12.1 Å². The molecule has 31 heavy (non-hydrogen) atoms. The van der Waals surface area contributed by atoms with Crippen molar-refractivity contribution < 1.29 is 23.9 Å². The Morgan fingerprint density at radius 2 is 1.90 bits per heavy atom. The number of rotatable bonds is 3. The summed E-state index contributed by atoms with van der Waals surface area (Å²) >= 11 is 0. The number of imide groups is 2. The Labute approximate surface area is 176 Å². The minimum Gasteiger partial charge on any atom is -0.454 e. The number of urea groups is 1. The predicted octanol–water partition coefficient (Wildman–Crippen LogP) is 2.67. The number of barbiturate groups is 1. The van der Waals surface area contributed by atoms with Crippen molar-refractivity contribution in [3.05, 3.63) is 59.8 Å². The summed E-state index contributed by atoms with van der Waals surface area (Å²) in [6.07, 6.45) is 8.71. The van der Waals surface area contributed by atoms with Gasteiger partial charge in [-0.25, -0.2) is 9.69 Å². The van der Waals surface area contributed by atoms with Gasteiger partial charge in [0.1, 0.15) is 5.57 Å². The smallest absolute Gasteiger partial charge is 0.335 e. The molecule has 0 spiro atoms. The van der Waals surface area contributed by atoms with Gasteiger partial charge in [-0.3, -0.25) is 14.9 Å². The molecule has 1 aromatic heterocycles. The third-order valence-corrected chi connectivity index (χ3v) is 5.10. The normalized spacial score (nSPS) is 16.7. The zero-order valence-corrected chi connectivity index (χ0v) is 16.1. The predicted molar refractivity (Wildman–Crippen MR) is 112 cm³/mol. The van der Waals surface area contributed by atoms with E-state index in [9.17, 15) is 14.4 Å². The average molecular weight is 413 g/mol. The number of carbonyl (C=O) groups excluding carboxylic acids is 3. The number of hydrogen-bond acceptors (Lipinski definition) is 5. The number of hydrogen-bond donors (Lipinski definition) is 1. The molecule has 3 heterocycles. The van der Waals surface area contributed by atoms with Gasteiger partial charge in [-0.15, -0.1) is 6.42 Å². The van der Waals surface area contributed by atoms with Crippen LogP contribution in [0.2, 0.25) is 0 Å². The summed E-state index contributed by atoms with van der Waals surface area (Å²) in [6.45, 7) is 0.399. The fourth-order valence-corrected chi connectivity index (χ4v) is 3.69. The SMILES string of the molecule is C#CCn1cc(/C=C2/C(=O)NC(=O)N(c3ccc4c(c3)OCO4)C2=O)c2ccccc21. The molecule has 3 aromatic rings. The monoisotopic (exact) mass is 413 g/mol. The van der Waals surface area contributed by atoms with E-state index in [1.54, 1.807) is 18.3 Å². The fourth-order valence-electron chi connectivity index (χ4n) is 3.69. The molecule has 152 valence electrons. The summed E-state index contributed by atoms with van der Waals surface area (Å²) in [4.78, 5) is 39.1. The van der Waals surface area contributed by atoms with Gasteiger partial charge in [0.2, 0.25) is 6.79 Å². The number of carbonyl (C=O) groups is 3. The maximum Gasteiger partial charge on any atom is 0.335 e. The largest absolute Gasteiger partial charge is 0.454 e. The summed E-state index contributed by atoms with van der Waals surface area (Å²) in [5.74, 6) is 2.02. The van der Waals surface area contributed by atoms with Crippen molar-refractivity contribution in [2.45, 2.75) is 6.54 Å². The number of aromatic nitrogens is 1. The number of benzene rings is 2. The lowest BCUT2D eigenvalue weighted by atomic mass is 10.1. The van der Waals surface area contributed by atoms with Crippen LogP contribution in [0.4, 0.5) is 10.5 Å². The van der Waals surface area contributed by atoms with Gasteiger partial charge >= 0.3 is 6.03 Å². The summed E-state index contributed by atoms with van der Waals surface area (Å²) in [7, 11) is 0. The van der Waals surface area contributed by atoms with Gasteiger partial charge in [-0.05, 0) is 24.3 Å². The van der Waals surface area contributed by atoms with E-state index < -0.39 is 17.8 Å². The first-order valence-corrected chi connectivity index (χ1v) is 9.39. The third-order valence-electron chi connectivity index (χ3n) is 5.10. The molecule has 1 saturated heterocycles. The number of nitrogens with zero attached hydrogens (tertiary/aromatic N) is 2. The molecule has 8 heteroatoms. The first-order valence-electron chi connectivity index (χ1n) is 9.39. The molecule has 0 saturated carbocycles. The van der Waals surface area contributed by atoms with Crippen molar-refractivity contribution in [1.82, 2.24) is 9.88 Å². The van der Waals surface area contributed by atoms with Crippen molar-refractivity contribution in [3.63, 3.8) is 0 Å². The van der Waals surface area contributed by atoms with Crippen LogP contribution in [0.3, 0.4) is 0 Å². The average Bonchev–Trinajstić information content (AvgIpc) is 3.36. The lowest BCUT2D eigenvalue weighted by Gasteiger charge is -2.26. The van der Waals surface area contributed by atoms with E-state index in [2.05, 4.69) is 11.2 Å². The number of para-hydroxylation sites is 1. The van der Waals surface area contributed by atoms with Crippen LogP contribution < -0.4 is 19.7 Å². The molecule has 2 aliphatic heterocycles. The highest BCUT2D eigenvalue weighted by Crippen LogP contribution is 2.36. The van der Waals surface area contributed by atoms with Crippen LogP contribution in [0.15, 0.2) is 54.2 Å². The lowest BCUT2D eigenvalue weighted by Crippen LogP contribution is -2.54. The second-order valence-corrected chi connectivity index (χ2v) is 6.93. The highest BCUT2D eigenvalue weighted by atomic mass is 16.7. The highest BCUT2D eigenvalue weighted by molar-refractivity contribution is 6.39. The summed E-state index contributed by atoms with van der Waals surface area (Å²) in [6, 6.07) is 11.4. The first-order chi connectivity index (χ1) is 15.1. The quantitative estimate of drug-likeness (QED) is 0.405. The number of nitrogens with one attached hydrogen (secondary N) is 1. The molecule has 1 N–H and O–H groups in total. The topological polar surface area (TPSA) is 89.9 Å². The van der Waals surface area contributed by atoms with Crippen molar-refractivity contribution in [2.24, 2.45) is 0 Å². The Morgan fingerprint density at radius 1 is 1.10 bits per heavy atom. The maximum atomic E-state index is 13.2. The van der Waals surface area contributed by atoms with Gasteiger partial charge in [0.15, 0.2) is 11.5 Å². The third kappa shape index (κ3) is 3.00. The Bertz CT molecular complexity index is 1340. The van der Waals surface area contributed by atoms with E-state index in [0.29, 0.717) is 23.6 Å². The first kappa shape index (κ1) is 18.5. The van der Waals surface area contributed by atoms with E-state index >= 15 is 0 Å². The van der Waals surface area contributed by atoms with E-state index in [-0.39, 0.29) is 18.1 Å². The minimum atomic E-state index is -0.833. The molecule has 0 atom stereocenters. The van der Waals surface area contributed by atoms with Crippen LogP contribution in [0.1, 0.15) is 5.56 Å². The molecular weight excluding hydrogens is 398 g/mol. The van der Waals surface area contributed by atoms with Crippen molar-refractivity contribution >= 4 is 40.5 Å². The molecular formula is C23H15N3O5. The van der Waals surface area contributed by atoms with Crippen LogP contribution >= 0.6 is 0 Å². The van der Waals surface area contributed by atoms with Crippen LogP contribution in [0, 0.1) is 12.3 Å². The summed E-state index contributed by atoms with van der Waals surface area (Å²) in [5, 5.41) is 3.05. The fraction of sp³-hybridized carbons (Fsp3) is 0.0870. The zero-order chi connectivity index (χ0) is 21.5. The number of ether oxygens (including phenoxy) is 2. The van der Waals surface area contributed by atoms with Crippen LogP contribution in [0.25, 0.3) is 17.0 Å². The van der Waals surface area contributed by atoms with Gasteiger partial charge in [0.25, 0.3) is 11.8 Å². The standard InChI is InChI=1S/C23H15N3O5/c1-2-9-25-12-14(16-5-3-4-6-18(16)25)10-17-21(27)24-23(29)26(22(17)28)15-7-8-19-20(11-15)31-13-30-19/h1,3-8,10-12H,9,13H2,(H,24,27,29)/b17-10-.